The van der Waals surface area contributed by atoms with Gasteiger partial charge in [-0.05, 0) is 55.2 Å². The van der Waals surface area contributed by atoms with Gasteiger partial charge in [-0.1, -0.05) is 30.1 Å². The van der Waals surface area contributed by atoms with E-state index in [1.54, 1.807) is 29.4 Å². The standard InChI is InChI=1S/C22H20Cl2N2O3S/c1-3-13-9-18(25-30(2)28)14-10-15-19(11-20(14)29-13)26(21(27)22(15)6-7-22)12-4-5-16(23)17(24)8-12/h4-5,8-11,13,25H,3,6-7H2,1-2H3. The van der Waals surface area contributed by atoms with Crippen molar-refractivity contribution in [1.29, 1.82) is 0 Å². The lowest BCUT2D eigenvalue weighted by atomic mass is 9.93. The van der Waals surface area contributed by atoms with Crippen molar-refractivity contribution in [2.24, 2.45) is 0 Å². The Hall–Kier alpha value is -2.02. The van der Waals surface area contributed by atoms with E-state index in [-0.39, 0.29) is 12.0 Å². The van der Waals surface area contributed by atoms with Gasteiger partial charge in [-0.25, -0.2) is 4.21 Å². The predicted molar refractivity (Wildman–Crippen MR) is 121 cm³/mol. The maximum absolute atomic E-state index is 13.5. The monoisotopic (exact) mass is 462 g/mol. The summed E-state index contributed by atoms with van der Waals surface area (Å²) < 4.78 is 21.1. The maximum Gasteiger partial charge on any atom is 0.242 e. The van der Waals surface area contributed by atoms with E-state index in [2.05, 4.69) is 4.72 Å². The van der Waals surface area contributed by atoms with Gasteiger partial charge in [-0.2, -0.15) is 0 Å². The van der Waals surface area contributed by atoms with E-state index in [9.17, 15) is 9.00 Å². The van der Waals surface area contributed by atoms with Crippen molar-refractivity contribution in [2.75, 3.05) is 11.2 Å². The molecule has 3 aliphatic rings. The maximum atomic E-state index is 13.5. The van der Waals surface area contributed by atoms with Crippen molar-refractivity contribution < 1.29 is 13.7 Å². The highest BCUT2D eigenvalue weighted by atomic mass is 35.5. The Morgan fingerprint density at radius 3 is 2.63 bits per heavy atom. The van der Waals surface area contributed by atoms with Crippen LogP contribution in [0.25, 0.3) is 5.70 Å². The number of rotatable bonds is 4. The van der Waals surface area contributed by atoms with Crippen LogP contribution < -0.4 is 14.4 Å². The molecule has 5 rings (SSSR count). The molecule has 1 spiro atoms. The van der Waals surface area contributed by atoms with Crippen LogP contribution >= 0.6 is 23.2 Å². The van der Waals surface area contributed by atoms with Crippen LogP contribution in [0.3, 0.4) is 0 Å². The Morgan fingerprint density at radius 1 is 1.23 bits per heavy atom. The first-order chi connectivity index (χ1) is 14.3. The van der Waals surface area contributed by atoms with Gasteiger partial charge in [0.1, 0.15) is 22.8 Å². The summed E-state index contributed by atoms with van der Waals surface area (Å²) in [6.07, 6.45) is 5.82. The summed E-state index contributed by atoms with van der Waals surface area (Å²) in [5.41, 5.74) is 3.58. The molecule has 1 saturated carbocycles. The van der Waals surface area contributed by atoms with Crippen LogP contribution in [0.4, 0.5) is 11.4 Å². The average Bonchev–Trinajstić information content (AvgIpc) is 3.47. The first-order valence-electron chi connectivity index (χ1n) is 9.81. The number of nitrogens with one attached hydrogen (secondary N) is 1. The lowest BCUT2D eigenvalue weighted by Crippen LogP contribution is -2.27. The third-order valence-corrected chi connectivity index (χ3v) is 7.20. The van der Waals surface area contributed by atoms with Gasteiger partial charge in [0, 0.05) is 17.9 Å². The van der Waals surface area contributed by atoms with E-state index in [0.29, 0.717) is 21.5 Å². The van der Waals surface area contributed by atoms with E-state index in [1.807, 2.05) is 25.1 Å². The van der Waals surface area contributed by atoms with Crippen LogP contribution in [0.1, 0.15) is 37.3 Å². The van der Waals surface area contributed by atoms with Gasteiger partial charge in [0.15, 0.2) is 0 Å². The van der Waals surface area contributed by atoms with Gasteiger partial charge in [0.2, 0.25) is 5.91 Å². The SMILES string of the molecule is CCC1C=C(NS(C)=O)c2cc3c(cc2O1)N(c1ccc(Cl)c(Cl)c1)C(=O)C31CC1. The van der Waals surface area contributed by atoms with Crippen molar-refractivity contribution in [1.82, 2.24) is 4.72 Å². The highest BCUT2D eigenvalue weighted by Gasteiger charge is 2.60. The molecule has 156 valence electrons. The lowest BCUT2D eigenvalue weighted by Gasteiger charge is -2.27. The zero-order valence-corrected chi connectivity index (χ0v) is 18.8. The lowest BCUT2D eigenvalue weighted by molar-refractivity contribution is -0.119. The summed E-state index contributed by atoms with van der Waals surface area (Å²) in [5.74, 6) is 0.717. The summed E-state index contributed by atoms with van der Waals surface area (Å²) >= 11 is 12.3. The number of amides is 1. The van der Waals surface area contributed by atoms with E-state index in [4.69, 9.17) is 27.9 Å². The molecule has 2 aromatic rings. The van der Waals surface area contributed by atoms with Crippen molar-refractivity contribution in [3.8, 4) is 5.75 Å². The number of carbonyl (C=O) groups is 1. The third-order valence-electron chi connectivity index (χ3n) is 5.96. The predicted octanol–water partition coefficient (Wildman–Crippen LogP) is 5.10. The highest BCUT2D eigenvalue weighted by molar-refractivity contribution is 7.82. The van der Waals surface area contributed by atoms with Crippen LogP contribution in [-0.2, 0) is 21.2 Å². The molecule has 2 unspecified atom stereocenters. The number of anilines is 2. The topological polar surface area (TPSA) is 58.6 Å². The fourth-order valence-corrected chi connectivity index (χ4v) is 5.07. The van der Waals surface area contributed by atoms with Crippen LogP contribution in [0.5, 0.6) is 5.75 Å². The molecule has 1 amide bonds. The van der Waals surface area contributed by atoms with Gasteiger partial charge >= 0.3 is 0 Å². The smallest absolute Gasteiger partial charge is 0.242 e. The summed E-state index contributed by atoms with van der Waals surface area (Å²) in [6.45, 7) is 2.03. The molecule has 0 saturated heterocycles. The van der Waals surface area contributed by atoms with E-state index in [0.717, 1.165) is 41.8 Å². The fraction of sp³-hybridized carbons (Fsp3) is 0.318. The van der Waals surface area contributed by atoms with Gasteiger partial charge in [-0.3, -0.25) is 9.69 Å². The number of hydrogen-bond donors (Lipinski definition) is 1. The second-order valence-corrected chi connectivity index (χ2v) is 9.81. The van der Waals surface area contributed by atoms with Crippen molar-refractivity contribution in [3.05, 3.63) is 57.6 Å². The molecule has 2 aliphatic heterocycles. The van der Waals surface area contributed by atoms with Crippen molar-refractivity contribution in [3.63, 3.8) is 0 Å². The number of carbonyl (C=O) groups excluding carboxylic acids is 1. The van der Waals surface area contributed by atoms with E-state index >= 15 is 0 Å². The zero-order valence-electron chi connectivity index (χ0n) is 16.5. The van der Waals surface area contributed by atoms with E-state index < -0.39 is 16.4 Å². The molecular formula is C22H20Cl2N2O3S. The fourth-order valence-electron chi connectivity index (χ4n) is 4.29. The molecule has 0 radical (unpaired) electrons. The second-order valence-electron chi connectivity index (χ2n) is 7.89. The number of fused-ring (bicyclic) bond motifs is 3. The highest BCUT2D eigenvalue weighted by Crippen LogP contribution is 2.60. The third kappa shape index (κ3) is 2.96. The summed E-state index contributed by atoms with van der Waals surface area (Å²) in [5, 5.41) is 0.849. The molecule has 5 nitrogen and oxygen atoms in total. The Morgan fingerprint density at radius 2 is 2.00 bits per heavy atom. The number of nitrogens with zero attached hydrogens (tertiary/aromatic N) is 1. The van der Waals surface area contributed by atoms with Gasteiger partial charge in [0.25, 0.3) is 0 Å². The quantitative estimate of drug-likeness (QED) is 0.687. The van der Waals surface area contributed by atoms with Crippen LogP contribution in [0.2, 0.25) is 10.0 Å². The summed E-state index contributed by atoms with van der Waals surface area (Å²) in [4.78, 5) is 15.2. The second kappa shape index (κ2) is 7.01. The first-order valence-corrected chi connectivity index (χ1v) is 12.1. The minimum absolute atomic E-state index is 0.0443. The molecule has 0 bridgehead atoms. The minimum atomic E-state index is -1.22. The number of halogens is 2. The number of ether oxygens (including phenoxy) is 1. The molecule has 8 heteroatoms. The molecule has 2 heterocycles. The molecule has 1 aliphatic carbocycles. The van der Waals surface area contributed by atoms with Crippen LogP contribution in [-0.4, -0.2) is 22.5 Å². The van der Waals surface area contributed by atoms with Gasteiger partial charge in [0.05, 0.1) is 32.5 Å². The normalized spacial score (nSPS) is 21.6. The molecular weight excluding hydrogens is 443 g/mol. The molecule has 30 heavy (non-hydrogen) atoms. The van der Waals surface area contributed by atoms with Crippen LogP contribution in [0, 0.1) is 0 Å². The zero-order chi connectivity index (χ0) is 21.2. The Kier molecular flexibility index (Phi) is 4.65. The molecule has 0 aromatic heterocycles. The summed E-state index contributed by atoms with van der Waals surface area (Å²) in [6, 6.07) is 9.17. The molecule has 1 fully saturated rings. The molecule has 2 atom stereocenters. The Balaban J connectivity index is 1.67. The number of hydrogen-bond acceptors (Lipinski definition) is 3. The molecule has 1 N–H and O–H groups in total. The van der Waals surface area contributed by atoms with Crippen molar-refractivity contribution >= 4 is 57.2 Å². The Labute approximate surface area is 187 Å². The number of benzene rings is 2. The Bertz CT molecular complexity index is 1140. The van der Waals surface area contributed by atoms with Crippen molar-refractivity contribution in [2.45, 2.75) is 37.7 Å². The average molecular weight is 463 g/mol. The largest absolute Gasteiger partial charge is 0.486 e. The van der Waals surface area contributed by atoms with Gasteiger partial charge in [-0.15, -0.1) is 0 Å². The van der Waals surface area contributed by atoms with Gasteiger partial charge < -0.3 is 9.46 Å². The first kappa shape index (κ1) is 19.9. The van der Waals surface area contributed by atoms with Crippen LogP contribution in [0.15, 0.2) is 36.4 Å². The summed E-state index contributed by atoms with van der Waals surface area (Å²) in [7, 11) is -1.22. The minimum Gasteiger partial charge on any atom is -0.486 e. The van der Waals surface area contributed by atoms with E-state index in [1.165, 1.54) is 0 Å². The molecule has 2 aromatic carbocycles.